The number of rotatable bonds is 0. The van der Waals surface area contributed by atoms with E-state index in [9.17, 15) is 8.78 Å². The molecule has 1 N–H and O–H groups in total. The molecule has 0 aliphatic carbocycles. The molecule has 1 aliphatic heterocycles. The first-order valence-electron chi connectivity index (χ1n) is 2.87. The Morgan fingerprint density at radius 3 is 2.80 bits per heavy atom. The van der Waals surface area contributed by atoms with Crippen molar-refractivity contribution in [3.05, 3.63) is 0 Å². The number of nitrogens with one attached hydrogen (secondary N) is 1. The van der Waals surface area contributed by atoms with Crippen LogP contribution < -0.4 is 5.32 Å². The maximum absolute atomic E-state index is 12.3. The summed E-state index contributed by atoms with van der Waals surface area (Å²) in [5.41, 5.74) is 0. The molecule has 0 aromatic rings. The summed E-state index contributed by atoms with van der Waals surface area (Å²) >= 11 is 0. The van der Waals surface area contributed by atoms with Gasteiger partial charge in [-0.1, -0.05) is 0 Å². The third kappa shape index (κ3) is 3.29. The van der Waals surface area contributed by atoms with E-state index in [-0.39, 0.29) is 19.0 Å². The van der Waals surface area contributed by atoms with Gasteiger partial charge >= 0.3 is 0 Å². The zero-order valence-electron chi connectivity index (χ0n) is 5.40. The minimum Gasteiger partial charge on any atom is -0.374 e. The van der Waals surface area contributed by atoms with Gasteiger partial charge in [-0.2, -0.15) is 0 Å². The Bertz CT molecular complexity index is 91.6. The van der Waals surface area contributed by atoms with E-state index < -0.39 is 12.5 Å². The Morgan fingerprint density at radius 1 is 1.40 bits per heavy atom. The van der Waals surface area contributed by atoms with Gasteiger partial charge in [0.1, 0.15) is 6.61 Å². The molecule has 0 aromatic heterocycles. The first-order valence-corrected chi connectivity index (χ1v) is 2.87. The summed E-state index contributed by atoms with van der Waals surface area (Å²) in [5.74, 6) is -2.67. The molecule has 0 bridgehead atoms. The van der Waals surface area contributed by atoms with Crippen LogP contribution in [-0.2, 0) is 4.74 Å². The number of halogens is 3. The zero-order chi connectivity index (χ0) is 6.74. The largest absolute Gasteiger partial charge is 0.374 e. The summed E-state index contributed by atoms with van der Waals surface area (Å²) in [5, 5.41) is 2.56. The minimum atomic E-state index is -2.67. The molecule has 2 nitrogen and oxygen atoms in total. The van der Waals surface area contributed by atoms with Crippen LogP contribution in [0.25, 0.3) is 0 Å². The Hall–Kier alpha value is 0.0700. The van der Waals surface area contributed by atoms with Crippen LogP contribution in [0.2, 0.25) is 0 Å². The van der Waals surface area contributed by atoms with Gasteiger partial charge in [-0.15, -0.1) is 12.4 Å². The van der Waals surface area contributed by atoms with Crippen molar-refractivity contribution < 1.29 is 13.5 Å². The minimum absolute atomic E-state index is 0. The summed E-state index contributed by atoms with van der Waals surface area (Å²) in [6, 6.07) is 0. The maximum atomic E-state index is 12.3. The van der Waals surface area contributed by atoms with Crippen LogP contribution in [0.1, 0.15) is 0 Å². The van der Waals surface area contributed by atoms with Crippen LogP contribution in [0, 0.1) is 0 Å². The lowest BCUT2D eigenvalue weighted by Crippen LogP contribution is -2.33. The Kier molecular flexibility index (Phi) is 4.08. The van der Waals surface area contributed by atoms with Gasteiger partial charge in [-0.05, 0) is 0 Å². The number of alkyl halides is 2. The smallest absolute Gasteiger partial charge is 0.283 e. The lowest BCUT2D eigenvalue weighted by Gasteiger charge is -2.10. The quantitative estimate of drug-likeness (QED) is 0.581. The molecule has 0 unspecified atom stereocenters. The van der Waals surface area contributed by atoms with Gasteiger partial charge in [0.05, 0.1) is 13.2 Å². The van der Waals surface area contributed by atoms with Gasteiger partial charge in [-0.25, -0.2) is 8.78 Å². The van der Waals surface area contributed by atoms with Crippen LogP contribution in [-0.4, -0.2) is 32.2 Å². The molecule has 1 rings (SSSR count). The van der Waals surface area contributed by atoms with Crippen LogP contribution >= 0.6 is 12.4 Å². The third-order valence-corrected chi connectivity index (χ3v) is 1.12. The molecular formula is C5H10ClF2NO. The number of ether oxygens (including phenoxy) is 1. The van der Waals surface area contributed by atoms with Crippen LogP contribution in [0.15, 0.2) is 0 Å². The highest BCUT2D eigenvalue weighted by Gasteiger charge is 2.29. The van der Waals surface area contributed by atoms with Crippen LogP contribution in [0.5, 0.6) is 0 Å². The fourth-order valence-corrected chi connectivity index (χ4v) is 0.688. The summed E-state index contributed by atoms with van der Waals surface area (Å²) in [7, 11) is 0. The topological polar surface area (TPSA) is 21.3 Å². The second-order valence-corrected chi connectivity index (χ2v) is 2.09. The van der Waals surface area contributed by atoms with Crippen LogP contribution in [0.4, 0.5) is 8.78 Å². The highest BCUT2D eigenvalue weighted by molar-refractivity contribution is 5.85. The molecule has 1 heterocycles. The van der Waals surface area contributed by atoms with E-state index in [0.717, 1.165) is 0 Å². The predicted molar refractivity (Wildman–Crippen MR) is 35.9 cm³/mol. The molecule has 0 spiro atoms. The molecule has 62 valence electrons. The lowest BCUT2D eigenvalue weighted by atomic mass is 10.4. The van der Waals surface area contributed by atoms with E-state index in [1.54, 1.807) is 0 Å². The molecule has 1 fully saturated rings. The fourth-order valence-electron chi connectivity index (χ4n) is 0.688. The molecule has 0 saturated carbocycles. The van der Waals surface area contributed by atoms with E-state index in [1.165, 1.54) is 0 Å². The molecule has 0 amide bonds. The van der Waals surface area contributed by atoms with E-state index >= 15 is 0 Å². The molecule has 1 saturated heterocycles. The van der Waals surface area contributed by atoms with Crippen molar-refractivity contribution in [1.82, 2.24) is 5.32 Å². The highest BCUT2D eigenvalue weighted by atomic mass is 35.5. The summed E-state index contributed by atoms with van der Waals surface area (Å²) in [4.78, 5) is 0. The number of hydrogen-bond acceptors (Lipinski definition) is 2. The monoisotopic (exact) mass is 173 g/mol. The maximum Gasteiger partial charge on any atom is 0.283 e. The molecule has 0 atom stereocenters. The Morgan fingerprint density at radius 2 is 2.10 bits per heavy atom. The first kappa shape index (κ1) is 10.1. The van der Waals surface area contributed by atoms with E-state index in [4.69, 9.17) is 0 Å². The SMILES string of the molecule is Cl.FC1(F)CNCCOC1. The Labute approximate surface area is 64.3 Å². The van der Waals surface area contributed by atoms with E-state index in [1.807, 2.05) is 0 Å². The van der Waals surface area contributed by atoms with Gasteiger partial charge in [0.15, 0.2) is 0 Å². The molecule has 10 heavy (non-hydrogen) atoms. The average Bonchev–Trinajstić information content (AvgIpc) is 1.92. The van der Waals surface area contributed by atoms with Crippen molar-refractivity contribution in [2.75, 3.05) is 26.3 Å². The highest BCUT2D eigenvalue weighted by Crippen LogP contribution is 2.13. The Balaban J connectivity index is 0.000000810. The molecule has 0 aromatic carbocycles. The van der Waals surface area contributed by atoms with Crippen molar-refractivity contribution in [2.24, 2.45) is 0 Å². The molecule has 1 aliphatic rings. The van der Waals surface area contributed by atoms with Crippen molar-refractivity contribution >= 4 is 12.4 Å². The lowest BCUT2D eigenvalue weighted by molar-refractivity contribution is -0.0581. The average molecular weight is 174 g/mol. The van der Waals surface area contributed by atoms with Crippen LogP contribution in [0.3, 0.4) is 0 Å². The van der Waals surface area contributed by atoms with E-state index in [2.05, 4.69) is 10.1 Å². The van der Waals surface area contributed by atoms with Gasteiger partial charge < -0.3 is 10.1 Å². The predicted octanol–water partition coefficient (Wildman–Crippen LogP) is 0.663. The first-order chi connectivity index (χ1) is 4.21. The summed E-state index contributed by atoms with van der Waals surface area (Å²) < 4.78 is 29.2. The van der Waals surface area contributed by atoms with Crippen molar-refractivity contribution in [2.45, 2.75) is 5.92 Å². The summed E-state index contributed by atoms with van der Waals surface area (Å²) in [6.45, 7) is 0.207. The number of hydrogen-bond donors (Lipinski definition) is 1. The van der Waals surface area contributed by atoms with Crippen molar-refractivity contribution in [3.8, 4) is 0 Å². The molecule has 5 heteroatoms. The third-order valence-electron chi connectivity index (χ3n) is 1.12. The normalized spacial score (nSPS) is 24.6. The van der Waals surface area contributed by atoms with E-state index in [0.29, 0.717) is 13.2 Å². The standard InChI is InChI=1S/C5H9F2NO.ClH/c6-5(7)3-8-1-2-9-4-5;/h8H,1-4H2;1H. The zero-order valence-corrected chi connectivity index (χ0v) is 6.22. The molecule has 0 radical (unpaired) electrons. The molecular weight excluding hydrogens is 164 g/mol. The summed E-state index contributed by atoms with van der Waals surface area (Å²) in [6.07, 6.45) is 0. The van der Waals surface area contributed by atoms with Crippen molar-refractivity contribution in [1.29, 1.82) is 0 Å². The van der Waals surface area contributed by atoms with Gasteiger partial charge in [-0.3, -0.25) is 0 Å². The van der Waals surface area contributed by atoms with Gasteiger partial charge in [0.25, 0.3) is 5.92 Å². The van der Waals surface area contributed by atoms with Crippen molar-refractivity contribution in [3.63, 3.8) is 0 Å². The van der Waals surface area contributed by atoms with Gasteiger partial charge in [0.2, 0.25) is 0 Å². The second kappa shape index (κ2) is 4.05. The van der Waals surface area contributed by atoms with Gasteiger partial charge in [0, 0.05) is 6.54 Å². The second-order valence-electron chi connectivity index (χ2n) is 2.09. The fraction of sp³-hybridized carbons (Fsp3) is 1.00.